The highest BCUT2D eigenvalue weighted by molar-refractivity contribution is 5.53. The summed E-state index contributed by atoms with van der Waals surface area (Å²) in [4.78, 5) is 0. The molecule has 0 fully saturated rings. The highest BCUT2D eigenvalue weighted by Gasteiger charge is 2.33. The van der Waals surface area contributed by atoms with E-state index in [2.05, 4.69) is 5.32 Å². The summed E-state index contributed by atoms with van der Waals surface area (Å²) in [7, 11) is 2.85. The van der Waals surface area contributed by atoms with E-state index in [1.165, 1.54) is 26.4 Å². The third-order valence-corrected chi connectivity index (χ3v) is 2.44. The fraction of sp³-hybridized carbons (Fsp3) is 0.417. The molecule has 19 heavy (non-hydrogen) atoms. The van der Waals surface area contributed by atoms with Gasteiger partial charge in [0.25, 0.3) is 0 Å². The molecular weight excluding hydrogens is 261 g/mol. The molecule has 0 aromatic heterocycles. The van der Waals surface area contributed by atoms with Crippen molar-refractivity contribution in [1.82, 2.24) is 0 Å². The van der Waals surface area contributed by atoms with Crippen LogP contribution in [-0.2, 0) is 15.7 Å². The number of benzene rings is 1. The second-order valence-electron chi connectivity index (χ2n) is 3.65. The summed E-state index contributed by atoms with van der Waals surface area (Å²) < 4.78 is 48.0. The summed E-state index contributed by atoms with van der Waals surface area (Å²) in [6, 6.07) is 4.93. The molecule has 1 aromatic carbocycles. The van der Waals surface area contributed by atoms with E-state index in [0.717, 1.165) is 12.1 Å². The van der Waals surface area contributed by atoms with E-state index in [9.17, 15) is 13.2 Å². The van der Waals surface area contributed by atoms with Crippen molar-refractivity contribution in [2.24, 2.45) is 0 Å². The van der Waals surface area contributed by atoms with Gasteiger partial charge in [0, 0.05) is 19.9 Å². The largest absolute Gasteiger partial charge is 0.417 e. The van der Waals surface area contributed by atoms with Crippen molar-refractivity contribution in [1.29, 1.82) is 5.26 Å². The maximum atomic E-state index is 12.7. The lowest BCUT2D eigenvalue weighted by atomic mass is 10.1. The molecule has 0 aliphatic heterocycles. The first-order valence-corrected chi connectivity index (χ1v) is 5.33. The highest BCUT2D eigenvalue weighted by Crippen LogP contribution is 2.33. The predicted molar refractivity (Wildman–Crippen MR) is 62.5 cm³/mol. The molecule has 7 heteroatoms. The average molecular weight is 274 g/mol. The molecule has 1 N–H and O–H groups in total. The van der Waals surface area contributed by atoms with Crippen LogP contribution in [0.3, 0.4) is 0 Å². The molecule has 0 aliphatic rings. The standard InChI is InChI=1S/C12H13F3N2O2/c1-18-11(19-2)7-17-9-4-3-8(6-16)10(5-9)12(13,14)15/h3-5,11,17H,7H2,1-2H3. The van der Waals surface area contributed by atoms with Gasteiger partial charge in [0.2, 0.25) is 0 Å². The minimum Gasteiger partial charge on any atom is -0.380 e. The summed E-state index contributed by atoms with van der Waals surface area (Å²) in [6.45, 7) is 0.191. The van der Waals surface area contributed by atoms with Crippen molar-refractivity contribution in [2.45, 2.75) is 12.5 Å². The number of rotatable bonds is 5. The SMILES string of the molecule is COC(CNc1ccc(C#N)c(C(F)(F)F)c1)OC. The van der Waals surface area contributed by atoms with Crippen LogP contribution in [0.4, 0.5) is 18.9 Å². The van der Waals surface area contributed by atoms with E-state index in [0.29, 0.717) is 0 Å². The summed E-state index contributed by atoms with van der Waals surface area (Å²) in [5, 5.41) is 11.4. The number of nitrogens with zero attached hydrogens (tertiary/aromatic N) is 1. The van der Waals surface area contributed by atoms with Gasteiger partial charge >= 0.3 is 6.18 Å². The Hall–Kier alpha value is -1.78. The molecule has 104 valence electrons. The van der Waals surface area contributed by atoms with Gasteiger partial charge in [-0.2, -0.15) is 18.4 Å². The van der Waals surface area contributed by atoms with Crippen LogP contribution in [-0.4, -0.2) is 27.1 Å². The van der Waals surface area contributed by atoms with Crippen LogP contribution in [0.2, 0.25) is 0 Å². The Balaban J connectivity index is 2.91. The monoisotopic (exact) mass is 274 g/mol. The Bertz CT molecular complexity index is 465. The zero-order valence-corrected chi connectivity index (χ0v) is 10.4. The average Bonchev–Trinajstić information content (AvgIpc) is 2.38. The molecule has 0 heterocycles. The Morgan fingerprint density at radius 1 is 1.32 bits per heavy atom. The summed E-state index contributed by atoms with van der Waals surface area (Å²) in [5.74, 6) is 0. The van der Waals surface area contributed by atoms with Crippen LogP contribution in [0.15, 0.2) is 18.2 Å². The quantitative estimate of drug-likeness (QED) is 0.838. The van der Waals surface area contributed by atoms with Gasteiger partial charge < -0.3 is 14.8 Å². The lowest BCUT2D eigenvalue weighted by Crippen LogP contribution is -2.23. The topological polar surface area (TPSA) is 54.3 Å². The number of ether oxygens (including phenoxy) is 2. The molecule has 0 atom stereocenters. The van der Waals surface area contributed by atoms with Gasteiger partial charge in [-0.15, -0.1) is 0 Å². The lowest BCUT2D eigenvalue weighted by molar-refractivity contribution is -0.137. The predicted octanol–water partition coefficient (Wildman–Crippen LogP) is 2.61. The maximum absolute atomic E-state index is 12.7. The molecule has 1 rings (SSSR count). The highest BCUT2D eigenvalue weighted by atomic mass is 19.4. The van der Waals surface area contributed by atoms with Crippen LogP contribution >= 0.6 is 0 Å². The maximum Gasteiger partial charge on any atom is 0.417 e. The van der Waals surface area contributed by atoms with E-state index in [1.807, 2.05) is 0 Å². The van der Waals surface area contributed by atoms with Gasteiger partial charge in [-0.3, -0.25) is 0 Å². The third-order valence-electron chi connectivity index (χ3n) is 2.44. The molecule has 0 spiro atoms. The van der Waals surface area contributed by atoms with Crippen LogP contribution in [0.5, 0.6) is 0 Å². The van der Waals surface area contributed by atoms with Gasteiger partial charge in [-0.25, -0.2) is 0 Å². The molecule has 0 bridgehead atoms. The zero-order chi connectivity index (χ0) is 14.5. The van der Waals surface area contributed by atoms with Crippen molar-refractivity contribution in [3.63, 3.8) is 0 Å². The minimum atomic E-state index is -4.56. The minimum absolute atomic E-state index is 0.191. The number of halogens is 3. The first kappa shape index (κ1) is 15.3. The van der Waals surface area contributed by atoms with Crippen LogP contribution in [0, 0.1) is 11.3 Å². The first-order chi connectivity index (χ1) is 8.92. The van der Waals surface area contributed by atoms with Crippen molar-refractivity contribution in [3.05, 3.63) is 29.3 Å². The summed E-state index contributed by atoms with van der Waals surface area (Å²) in [5.41, 5.74) is -1.13. The molecule has 0 amide bonds. The number of anilines is 1. The van der Waals surface area contributed by atoms with Gasteiger partial charge in [0.1, 0.15) is 0 Å². The Morgan fingerprint density at radius 3 is 2.42 bits per heavy atom. The van der Waals surface area contributed by atoms with E-state index in [1.54, 1.807) is 0 Å². The number of nitrogens with one attached hydrogen (secondary N) is 1. The van der Waals surface area contributed by atoms with Crippen molar-refractivity contribution in [2.75, 3.05) is 26.1 Å². The molecule has 0 saturated heterocycles. The number of hydrogen-bond donors (Lipinski definition) is 1. The third kappa shape index (κ3) is 4.12. The Labute approximate surface area is 108 Å². The normalized spacial score (nSPS) is 11.4. The van der Waals surface area contributed by atoms with Crippen LogP contribution in [0.25, 0.3) is 0 Å². The van der Waals surface area contributed by atoms with Crippen molar-refractivity contribution in [3.8, 4) is 6.07 Å². The fourth-order valence-electron chi connectivity index (χ4n) is 1.45. The second-order valence-corrected chi connectivity index (χ2v) is 3.65. The first-order valence-electron chi connectivity index (χ1n) is 5.33. The molecule has 0 saturated carbocycles. The van der Waals surface area contributed by atoms with E-state index < -0.39 is 23.6 Å². The molecule has 0 radical (unpaired) electrons. The fourth-order valence-corrected chi connectivity index (χ4v) is 1.45. The number of alkyl halides is 3. The number of hydrogen-bond acceptors (Lipinski definition) is 4. The number of methoxy groups -OCH3 is 2. The van der Waals surface area contributed by atoms with E-state index in [-0.39, 0.29) is 12.2 Å². The number of nitriles is 1. The Kier molecular flexibility index (Phi) is 5.15. The van der Waals surface area contributed by atoms with Gasteiger partial charge in [0.05, 0.1) is 23.7 Å². The smallest absolute Gasteiger partial charge is 0.380 e. The van der Waals surface area contributed by atoms with Crippen molar-refractivity contribution < 1.29 is 22.6 Å². The van der Waals surface area contributed by atoms with Gasteiger partial charge in [-0.1, -0.05) is 0 Å². The van der Waals surface area contributed by atoms with Crippen LogP contribution < -0.4 is 5.32 Å². The van der Waals surface area contributed by atoms with Crippen LogP contribution in [0.1, 0.15) is 11.1 Å². The lowest BCUT2D eigenvalue weighted by Gasteiger charge is -2.16. The van der Waals surface area contributed by atoms with E-state index >= 15 is 0 Å². The summed E-state index contributed by atoms with van der Waals surface area (Å²) >= 11 is 0. The second kappa shape index (κ2) is 6.41. The molecule has 0 aliphatic carbocycles. The van der Waals surface area contributed by atoms with Gasteiger partial charge in [-0.05, 0) is 18.2 Å². The Morgan fingerprint density at radius 2 is 1.95 bits per heavy atom. The molecule has 1 aromatic rings. The molecule has 4 nitrogen and oxygen atoms in total. The van der Waals surface area contributed by atoms with E-state index in [4.69, 9.17) is 14.7 Å². The zero-order valence-electron chi connectivity index (χ0n) is 10.4. The molecule has 0 unspecified atom stereocenters. The summed E-state index contributed by atoms with van der Waals surface area (Å²) in [6.07, 6.45) is -5.13. The molecular formula is C12H13F3N2O2. The van der Waals surface area contributed by atoms with Crippen molar-refractivity contribution >= 4 is 5.69 Å². The van der Waals surface area contributed by atoms with Gasteiger partial charge in [0.15, 0.2) is 6.29 Å².